The number of hydrogen-bond acceptors (Lipinski definition) is 6. The number of aromatic nitrogens is 2. The number of likely N-dealkylation sites (tertiary alicyclic amines) is 1. The van der Waals surface area contributed by atoms with E-state index in [9.17, 15) is 4.79 Å². The predicted octanol–water partition coefficient (Wildman–Crippen LogP) is 1.26. The van der Waals surface area contributed by atoms with Crippen molar-refractivity contribution in [1.29, 1.82) is 0 Å². The zero-order chi connectivity index (χ0) is 16.5. The SMILES string of the molecule is Nc1ncccc1CN1C[C@H]2OC(=O)N(Cc3ccccn3)[C@H]2C1. The van der Waals surface area contributed by atoms with Crippen molar-refractivity contribution >= 4 is 11.9 Å². The Hall–Kier alpha value is -2.67. The van der Waals surface area contributed by atoms with Gasteiger partial charge in [-0.15, -0.1) is 0 Å². The highest BCUT2D eigenvalue weighted by Gasteiger charge is 2.47. The third kappa shape index (κ3) is 2.78. The molecule has 2 N–H and O–H groups in total. The Labute approximate surface area is 140 Å². The van der Waals surface area contributed by atoms with Crippen molar-refractivity contribution in [1.82, 2.24) is 19.8 Å². The molecule has 7 nitrogen and oxygen atoms in total. The molecule has 2 aromatic heterocycles. The normalized spacial score (nSPS) is 23.3. The molecule has 4 heterocycles. The molecular formula is C17H19N5O2. The molecule has 124 valence electrons. The lowest BCUT2D eigenvalue weighted by atomic mass is 10.2. The summed E-state index contributed by atoms with van der Waals surface area (Å²) in [7, 11) is 0. The second kappa shape index (κ2) is 6.09. The fourth-order valence-corrected chi connectivity index (χ4v) is 3.38. The van der Waals surface area contributed by atoms with Crippen molar-refractivity contribution in [3.8, 4) is 0 Å². The molecule has 0 aromatic carbocycles. The molecule has 0 bridgehead atoms. The molecule has 0 saturated carbocycles. The van der Waals surface area contributed by atoms with E-state index in [4.69, 9.17) is 10.5 Å². The Balaban J connectivity index is 1.45. The zero-order valence-corrected chi connectivity index (χ0v) is 13.2. The third-order valence-corrected chi connectivity index (χ3v) is 4.58. The average Bonchev–Trinajstić information content (AvgIpc) is 3.09. The lowest BCUT2D eigenvalue weighted by molar-refractivity contribution is 0.119. The second-order valence-corrected chi connectivity index (χ2v) is 6.18. The number of carbonyl (C=O) groups is 1. The highest BCUT2D eigenvalue weighted by Crippen LogP contribution is 2.29. The number of nitrogen functional groups attached to an aromatic ring is 1. The van der Waals surface area contributed by atoms with Crippen molar-refractivity contribution in [2.45, 2.75) is 25.2 Å². The fourth-order valence-electron chi connectivity index (χ4n) is 3.38. The maximum Gasteiger partial charge on any atom is 0.410 e. The van der Waals surface area contributed by atoms with Gasteiger partial charge >= 0.3 is 6.09 Å². The molecule has 0 radical (unpaired) electrons. The van der Waals surface area contributed by atoms with Crippen LogP contribution >= 0.6 is 0 Å². The number of nitrogens with two attached hydrogens (primary N) is 1. The number of ether oxygens (including phenoxy) is 1. The highest BCUT2D eigenvalue weighted by atomic mass is 16.6. The first kappa shape index (κ1) is 14.9. The molecule has 2 aromatic rings. The van der Waals surface area contributed by atoms with E-state index < -0.39 is 0 Å². The van der Waals surface area contributed by atoms with E-state index in [-0.39, 0.29) is 18.2 Å². The molecule has 0 aliphatic carbocycles. The van der Waals surface area contributed by atoms with Crippen molar-refractivity contribution in [2.24, 2.45) is 0 Å². The van der Waals surface area contributed by atoms with E-state index in [1.54, 1.807) is 17.3 Å². The number of amides is 1. The van der Waals surface area contributed by atoms with Gasteiger partial charge in [0.05, 0.1) is 18.3 Å². The minimum absolute atomic E-state index is 0.0532. The Kier molecular flexibility index (Phi) is 3.78. The van der Waals surface area contributed by atoms with Gasteiger partial charge in [-0.1, -0.05) is 12.1 Å². The fraction of sp³-hybridized carbons (Fsp3) is 0.353. The molecule has 24 heavy (non-hydrogen) atoms. The maximum atomic E-state index is 12.1. The largest absolute Gasteiger partial charge is 0.442 e. The molecule has 2 saturated heterocycles. The quantitative estimate of drug-likeness (QED) is 0.911. The monoisotopic (exact) mass is 325 g/mol. The van der Waals surface area contributed by atoms with E-state index in [1.807, 2.05) is 30.3 Å². The first-order chi connectivity index (χ1) is 11.7. The molecule has 2 aliphatic rings. The van der Waals surface area contributed by atoms with Gasteiger partial charge in [-0.2, -0.15) is 0 Å². The standard InChI is InChI=1S/C17H19N5O2/c18-16-12(4-3-7-20-16)8-21-10-14-15(11-21)24-17(23)22(14)9-13-5-1-2-6-19-13/h1-7,14-15H,8-11H2,(H2,18,20)/t14-,15+/m0/s1. The maximum absolute atomic E-state index is 12.1. The molecule has 4 rings (SSSR count). The predicted molar refractivity (Wildman–Crippen MR) is 87.8 cm³/mol. The van der Waals surface area contributed by atoms with Crippen LogP contribution in [0.1, 0.15) is 11.3 Å². The van der Waals surface area contributed by atoms with E-state index in [0.29, 0.717) is 25.5 Å². The molecule has 0 unspecified atom stereocenters. The lowest BCUT2D eigenvalue weighted by Gasteiger charge is -2.22. The summed E-state index contributed by atoms with van der Waals surface area (Å²) in [6, 6.07) is 9.63. The first-order valence-electron chi connectivity index (χ1n) is 7.99. The second-order valence-electron chi connectivity index (χ2n) is 6.18. The van der Waals surface area contributed by atoms with Crippen LogP contribution in [0.2, 0.25) is 0 Å². The number of nitrogens with zero attached hydrogens (tertiary/aromatic N) is 4. The number of rotatable bonds is 4. The van der Waals surface area contributed by atoms with Crippen LogP contribution in [0.5, 0.6) is 0 Å². The van der Waals surface area contributed by atoms with Gasteiger partial charge in [0.25, 0.3) is 0 Å². The van der Waals surface area contributed by atoms with Crippen LogP contribution < -0.4 is 5.73 Å². The van der Waals surface area contributed by atoms with E-state index >= 15 is 0 Å². The van der Waals surface area contributed by atoms with Crippen molar-refractivity contribution in [3.63, 3.8) is 0 Å². The lowest BCUT2D eigenvalue weighted by Crippen LogP contribution is -2.37. The Morgan fingerprint density at radius 1 is 1.12 bits per heavy atom. The number of carbonyl (C=O) groups excluding carboxylic acids is 1. The highest BCUT2D eigenvalue weighted by molar-refractivity contribution is 5.71. The summed E-state index contributed by atoms with van der Waals surface area (Å²) >= 11 is 0. The molecule has 7 heteroatoms. The van der Waals surface area contributed by atoms with Crippen molar-refractivity contribution < 1.29 is 9.53 Å². The Morgan fingerprint density at radius 2 is 2.00 bits per heavy atom. The molecular weight excluding hydrogens is 306 g/mol. The first-order valence-corrected chi connectivity index (χ1v) is 7.99. The Morgan fingerprint density at radius 3 is 2.79 bits per heavy atom. The van der Waals surface area contributed by atoms with Gasteiger partial charge in [0.2, 0.25) is 0 Å². The minimum atomic E-state index is -0.254. The van der Waals surface area contributed by atoms with Gasteiger partial charge in [-0.05, 0) is 18.2 Å². The summed E-state index contributed by atoms with van der Waals surface area (Å²) in [4.78, 5) is 24.6. The van der Waals surface area contributed by atoms with E-state index in [1.165, 1.54) is 0 Å². The van der Waals surface area contributed by atoms with Crippen molar-refractivity contribution in [2.75, 3.05) is 18.8 Å². The summed E-state index contributed by atoms with van der Waals surface area (Å²) < 4.78 is 5.54. The number of pyridine rings is 2. The van der Waals surface area contributed by atoms with Gasteiger partial charge in [-0.3, -0.25) is 14.8 Å². The minimum Gasteiger partial charge on any atom is -0.442 e. The van der Waals surface area contributed by atoms with E-state index in [0.717, 1.165) is 17.8 Å². The average molecular weight is 325 g/mol. The summed E-state index contributed by atoms with van der Waals surface area (Å²) in [5, 5.41) is 0. The Bertz CT molecular complexity index is 739. The summed E-state index contributed by atoms with van der Waals surface area (Å²) in [6.45, 7) is 2.66. The number of anilines is 1. The van der Waals surface area contributed by atoms with Crippen LogP contribution in [0, 0.1) is 0 Å². The molecule has 2 atom stereocenters. The molecule has 2 aliphatic heterocycles. The number of hydrogen-bond donors (Lipinski definition) is 1. The molecule has 2 fully saturated rings. The van der Waals surface area contributed by atoms with Crippen LogP contribution in [0.15, 0.2) is 42.7 Å². The van der Waals surface area contributed by atoms with Gasteiger partial charge in [0.15, 0.2) is 0 Å². The zero-order valence-electron chi connectivity index (χ0n) is 13.2. The molecule has 1 amide bonds. The molecule has 0 spiro atoms. The van der Waals surface area contributed by atoms with Gasteiger partial charge in [0, 0.05) is 37.6 Å². The smallest absolute Gasteiger partial charge is 0.410 e. The van der Waals surface area contributed by atoms with Crippen LogP contribution in [0.3, 0.4) is 0 Å². The van der Waals surface area contributed by atoms with E-state index in [2.05, 4.69) is 14.9 Å². The summed E-state index contributed by atoms with van der Waals surface area (Å²) in [5.41, 5.74) is 7.79. The van der Waals surface area contributed by atoms with Crippen LogP contribution in [0.4, 0.5) is 10.6 Å². The van der Waals surface area contributed by atoms with Crippen molar-refractivity contribution in [3.05, 3.63) is 54.0 Å². The van der Waals surface area contributed by atoms with Gasteiger partial charge < -0.3 is 10.5 Å². The third-order valence-electron chi connectivity index (χ3n) is 4.58. The number of fused-ring (bicyclic) bond motifs is 1. The van der Waals surface area contributed by atoms with Crippen LogP contribution in [-0.2, 0) is 17.8 Å². The summed E-state index contributed by atoms with van der Waals surface area (Å²) in [5.74, 6) is 0.553. The van der Waals surface area contributed by atoms with Crippen LogP contribution in [-0.4, -0.2) is 51.1 Å². The topological polar surface area (TPSA) is 84.6 Å². The van der Waals surface area contributed by atoms with Gasteiger partial charge in [0.1, 0.15) is 11.9 Å². The van der Waals surface area contributed by atoms with Gasteiger partial charge in [-0.25, -0.2) is 9.78 Å². The van der Waals surface area contributed by atoms with Crippen LogP contribution in [0.25, 0.3) is 0 Å². The summed E-state index contributed by atoms with van der Waals surface area (Å²) in [6.07, 6.45) is 3.07.